The van der Waals surface area contributed by atoms with Crippen LogP contribution in [-0.2, 0) is 0 Å². The summed E-state index contributed by atoms with van der Waals surface area (Å²) in [5, 5.41) is 9.07. The van der Waals surface area contributed by atoms with Crippen molar-refractivity contribution in [3.63, 3.8) is 0 Å². The van der Waals surface area contributed by atoms with E-state index in [-0.39, 0.29) is 6.61 Å². The third kappa shape index (κ3) is 2.99. The fourth-order valence-electron chi connectivity index (χ4n) is 5.11. The van der Waals surface area contributed by atoms with Crippen LogP contribution in [0.3, 0.4) is 0 Å². The van der Waals surface area contributed by atoms with E-state index in [4.69, 9.17) is 5.11 Å². The van der Waals surface area contributed by atoms with Gasteiger partial charge in [-0.05, 0) is 74.5 Å². The third-order valence-corrected chi connectivity index (χ3v) is 7.06. The molecule has 2 fully saturated rings. The van der Waals surface area contributed by atoms with Gasteiger partial charge < -0.3 is 5.11 Å². The Kier molecular flexibility index (Phi) is 5.03. The van der Waals surface area contributed by atoms with E-state index in [2.05, 4.69) is 34.3 Å². The van der Waals surface area contributed by atoms with Crippen molar-refractivity contribution in [1.29, 1.82) is 0 Å². The molecule has 120 valence electrons. The van der Waals surface area contributed by atoms with E-state index in [1.54, 1.807) is 0 Å². The number of hydrogen-bond donors (Lipinski definition) is 1. The minimum absolute atomic E-state index is 0.177. The van der Waals surface area contributed by atoms with Gasteiger partial charge in [-0.3, -0.25) is 0 Å². The van der Waals surface area contributed by atoms with Gasteiger partial charge in [0.25, 0.3) is 0 Å². The molecule has 4 atom stereocenters. The fourth-order valence-corrected chi connectivity index (χ4v) is 5.11. The molecule has 1 heteroatoms. The molecular weight excluding hydrogens is 256 g/mol. The zero-order valence-corrected chi connectivity index (χ0v) is 14.5. The molecule has 2 aliphatic carbocycles. The molecule has 2 saturated carbocycles. The van der Waals surface area contributed by atoms with E-state index in [1.165, 1.54) is 49.7 Å². The van der Waals surface area contributed by atoms with E-state index in [0.717, 1.165) is 18.3 Å². The number of rotatable bonds is 4. The number of hydrogen-bond acceptors (Lipinski definition) is 1. The van der Waals surface area contributed by atoms with Crippen molar-refractivity contribution in [2.75, 3.05) is 6.61 Å². The molecule has 4 unspecified atom stereocenters. The Morgan fingerprint density at radius 2 is 2.10 bits per heavy atom. The van der Waals surface area contributed by atoms with Crippen LogP contribution in [0.15, 0.2) is 23.8 Å². The first-order chi connectivity index (χ1) is 9.84. The van der Waals surface area contributed by atoms with Gasteiger partial charge in [-0.1, -0.05) is 44.6 Å². The lowest BCUT2D eigenvalue weighted by Crippen LogP contribution is -2.50. The quantitative estimate of drug-likeness (QED) is 0.677. The molecule has 0 heterocycles. The normalized spacial score (nSPS) is 41.0. The molecule has 0 bridgehead atoms. The van der Waals surface area contributed by atoms with Crippen LogP contribution in [0.4, 0.5) is 0 Å². The summed E-state index contributed by atoms with van der Waals surface area (Å²) in [6.45, 7) is 14.3. The van der Waals surface area contributed by atoms with Gasteiger partial charge in [0.15, 0.2) is 0 Å². The Hall–Kier alpha value is -0.560. The maximum absolute atomic E-state index is 9.07. The number of fused-ring (bicyclic) bond motifs is 1. The molecule has 0 saturated heterocycles. The number of allylic oxidation sites excluding steroid dienone is 2. The summed E-state index contributed by atoms with van der Waals surface area (Å²) < 4.78 is 0. The highest BCUT2D eigenvalue weighted by molar-refractivity contribution is 5.19. The maximum atomic E-state index is 9.07. The van der Waals surface area contributed by atoms with Crippen LogP contribution in [0.25, 0.3) is 0 Å². The topological polar surface area (TPSA) is 20.2 Å². The molecule has 1 N–H and O–H groups in total. The average molecular weight is 290 g/mol. The van der Waals surface area contributed by atoms with Crippen molar-refractivity contribution < 1.29 is 5.11 Å². The number of aliphatic hydroxyl groups excluding tert-OH is 1. The fraction of sp³-hybridized carbons (Fsp3) is 0.800. The highest BCUT2D eigenvalue weighted by Crippen LogP contribution is 2.62. The maximum Gasteiger partial charge on any atom is 0.0614 e. The first kappa shape index (κ1) is 16.8. The SMILES string of the molecule is C=C1CCCC2C1(C)CCC(C)C2(C)CCC(C)=CCO. The molecule has 0 aromatic heterocycles. The smallest absolute Gasteiger partial charge is 0.0614 e. The van der Waals surface area contributed by atoms with Crippen molar-refractivity contribution in [2.24, 2.45) is 22.7 Å². The largest absolute Gasteiger partial charge is 0.392 e. The van der Waals surface area contributed by atoms with Crippen molar-refractivity contribution in [2.45, 2.75) is 72.6 Å². The first-order valence-corrected chi connectivity index (χ1v) is 8.79. The lowest BCUT2D eigenvalue weighted by Gasteiger charge is -2.59. The van der Waals surface area contributed by atoms with Gasteiger partial charge in [-0.2, -0.15) is 0 Å². The minimum Gasteiger partial charge on any atom is -0.392 e. The third-order valence-electron chi connectivity index (χ3n) is 7.06. The first-order valence-electron chi connectivity index (χ1n) is 8.79. The molecule has 1 nitrogen and oxygen atoms in total. The van der Waals surface area contributed by atoms with Crippen LogP contribution < -0.4 is 0 Å². The summed E-state index contributed by atoms with van der Waals surface area (Å²) >= 11 is 0. The predicted octanol–water partition coefficient (Wildman–Crippen LogP) is 5.50. The van der Waals surface area contributed by atoms with E-state index in [1.807, 2.05) is 6.08 Å². The van der Waals surface area contributed by atoms with Crippen molar-refractivity contribution in [3.8, 4) is 0 Å². The average Bonchev–Trinajstić information content (AvgIpc) is 2.44. The molecule has 0 spiro atoms. The van der Waals surface area contributed by atoms with Crippen LogP contribution in [0.2, 0.25) is 0 Å². The van der Waals surface area contributed by atoms with E-state index < -0.39 is 0 Å². The zero-order valence-electron chi connectivity index (χ0n) is 14.5. The second-order valence-electron chi connectivity index (χ2n) is 8.14. The van der Waals surface area contributed by atoms with Gasteiger partial charge in [0.2, 0.25) is 0 Å². The molecule has 0 amide bonds. The van der Waals surface area contributed by atoms with E-state index >= 15 is 0 Å². The Morgan fingerprint density at radius 3 is 2.76 bits per heavy atom. The second kappa shape index (κ2) is 6.28. The van der Waals surface area contributed by atoms with Crippen LogP contribution in [-0.4, -0.2) is 11.7 Å². The summed E-state index contributed by atoms with van der Waals surface area (Å²) in [5.41, 5.74) is 3.64. The van der Waals surface area contributed by atoms with Crippen LogP contribution >= 0.6 is 0 Å². The van der Waals surface area contributed by atoms with Crippen molar-refractivity contribution in [3.05, 3.63) is 23.8 Å². The predicted molar refractivity (Wildman–Crippen MR) is 91.2 cm³/mol. The van der Waals surface area contributed by atoms with Gasteiger partial charge in [0.1, 0.15) is 0 Å². The standard InChI is InChI=1S/C20H34O/c1-15(11-14-21)9-12-19(4)17(3)10-13-20(5)16(2)7-6-8-18(19)20/h11,17-18,21H,2,6-10,12-14H2,1,3-5H3. The summed E-state index contributed by atoms with van der Waals surface area (Å²) in [6.07, 6.45) is 11.0. The van der Waals surface area contributed by atoms with Crippen LogP contribution in [0.5, 0.6) is 0 Å². The zero-order chi connectivity index (χ0) is 15.7. The lowest BCUT2D eigenvalue weighted by atomic mass is 9.46. The Labute approximate surface area is 131 Å². The molecular formula is C20H34O. The van der Waals surface area contributed by atoms with Gasteiger partial charge in [-0.15, -0.1) is 0 Å². The highest BCUT2D eigenvalue weighted by Gasteiger charge is 2.53. The van der Waals surface area contributed by atoms with Crippen molar-refractivity contribution >= 4 is 0 Å². The Morgan fingerprint density at radius 1 is 1.38 bits per heavy atom. The van der Waals surface area contributed by atoms with Gasteiger partial charge in [-0.25, -0.2) is 0 Å². The minimum atomic E-state index is 0.177. The van der Waals surface area contributed by atoms with E-state index in [0.29, 0.717) is 10.8 Å². The van der Waals surface area contributed by atoms with Crippen LogP contribution in [0.1, 0.15) is 72.6 Å². The summed E-state index contributed by atoms with van der Waals surface area (Å²) in [5.74, 6) is 1.58. The molecule has 2 rings (SSSR count). The van der Waals surface area contributed by atoms with Gasteiger partial charge in [0, 0.05) is 0 Å². The molecule has 0 aromatic rings. The summed E-state index contributed by atoms with van der Waals surface area (Å²) in [4.78, 5) is 0. The molecule has 0 aromatic carbocycles. The Bertz CT molecular complexity index is 422. The highest BCUT2D eigenvalue weighted by atomic mass is 16.2. The van der Waals surface area contributed by atoms with Gasteiger partial charge >= 0.3 is 0 Å². The molecule has 21 heavy (non-hydrogen) atoms. The number of aliphatic hydroxyl groups is 1. The monoisotopic (exact) mass is 290 g/mol. The Balaban J connectivity index is 2.21. The molecule has 0 radical (unpaired) electrons. The van der Waals surface area contributed by atoms with Crippen LogP contribution in [0, 0.1) is 22.7 Å². The lowest BCUT2D eigenvalue weighted by molar-refractivity contribution is -0.0543. The van der Waals surface area contributed by atoms with Crippen molar-refractivity contribution in [1.82, 2.24) is 0 Å². The second-order valence-corrected chi connectivity index (χ2v) is 8.14. The summed E-state index contributed by atoms with van der Waals surface area (Å²) in [6, 6.07) is 0. The molecule has 2 aliphatic rings. The molecule has 0 aliphatic heterocycles. The van der Waals surface area contributed by atoms with E-state index in [9.17, 15) is 0 Å². The summed E-state index contributed by atoms with van der Waals surface area (Å²) in [7, 11) is 0. The van der Waals surface area contributed by atoms with Gasteiger partial charge in [0.05, 0.1) is 6.61 Å².